The summed E-state index contributed by atoms with van der Waals surface area (Å²) in [6, 6.07) is 7.78. The molecular formula is C24H25F3N4O3S. The smallest absolute Gasteiger partial charge is 0.433 e. The molecule has 0 radical (unpaired) electrons. The fourth-order valence-electron chi connectivity index (χ4n) is 4.47. The van der Waals surface area contributed by atoms with E-state index in [0.717, 1.165) is 22.7 Å². The van der Waals surface area contributed by atoms with Crippen LogP contribution < -0.4 is 5.32 Å². The zero-order valence-corrected chi connectivity index (χ0v) is 20.2. The van der Waals surface area contributed by atoms with Crippen molar-refractivity contribution < 1.29 is 28.2 Å². The maximum absolute atomic E-state index is 12.9. The molecule has 0 unspecified atom stereocenters. The number of halogens is 3. The molecule has 0 bridgehead atoms. The summed E-state index contributed by atoms with van der Waals surface area (Å²) in [6.07, 6.45) is -1.05. The average molecular weight is 507 g/mol. The van der Waals surface area contributed by atoms with Crippen molar-refractivity contribution in [2.24, 2.45) is 10.8 Å². The Morgan fingerprint density at radius 1 is 1.14 bits per heavy atom. The second kappa shape index (κ2) is 8.56. The first-order valence-electron chi connectivity index (χ1n) is 10.9. The van der Waals surface area contributed by atoms with Gasteiger partial charge < -0.3 is 15.5 Å². The van der Waals surface area contributed by atoms with Crippen molar-refractivity contribution in [1.82, 2.24) is 15.0 Å². The number of carboxylic acids is 1. The van der Waals surface area contributed by atoms with Crippen molar-refractivity contribution in [2.75, 3.05) is 5.32 Å². The minimum absolute atomic E-state index is 0.179. The van der Waals surface area contributed by atoms with Gasteiger partial charge in [0.25, 0.3) is 0 Å². The first-order chi connectivity index (χ1) is 16.2. The van der Waals surface area contributed by atoms with Gasteiger partial charge in [-0.05, 0) is 55.4 Å². The number of nitrogens with zero attached hydrogens (tertiary/aromatic N) is 3. The van der Waals surface area contributed by atoms with E-state index in [1.54, 1.807) is 31.3 Å². The molecule has 2 heterocycles. The molecule has 11 heteroatoms. The van der Waals surface area contributed by atoms with Gasteiger partial charge in [-0.3, -0.25) is 4.79 Å². The predicted octanol–water partition coefficient (Wildman–Crippen LogP) is 5.85. The Labute approximate surface area is 204 Å². The second-order valence-electron chi connectivity index (χ2n) is 9.73. The number of benzene rings is 1. The van der Waals surface area contributed by atoms with Crippen molar-refractivity contribution in [3.05, 3.63) is 53.4 Å². The number of aromatic nitrogens is 3. The molecule has 35 heavy (non-hydrogen) atoms. The number of alkyl halides is 3. The molecule has 1 aliphatic carbocycles. The van der Waals surface area contributed by atoms with Crippen LogP contribution in [-0.4, -0.2) is 31.1 Å². The first kappa shape index (κ1) is 25.1. The zero-order chi connectivity index (χ0) is 25.6. The molecule has 1 aromatic carbocycles. The molecule has 2 aromatic heterocycles. The lowest BCUT2D eigenvalue weighted by Gasteiger charge is -2.50. The van der Waals surface area contributed by atoms with Crippen molar-refractivity contribution in [1.29, 1.82) is 0 Å². The Kier molecular flexibility index (Phi) is 6.13. The van der Waals surface area contributed by atoms with E-state index in [4.69, 9.17) is 0 Å². The molecule has 186 valence electrons. The number of anilines is 2. The number of nitrogens with one attached hydrogen (secondary N) is 1. The fraction of sp³-hybridized carbons (Fsp3) is 0.417. The minimum atomic E-state index is -4.57. The number of thiazole rings is 1. The Morgan fingerprint density at radius 2 is 1.89 bits per heavy atom. The van der Waals surface area contributed by atoms with Crippen molar-refractivity contribution >= 4 is 28.9 Å². The van der Waals surface area contributed by atoms with E-state index in [0.29, 0.717) is 17.1 Å². The number of rotatable bonds is 5. The molecule has 1 fully saturated rings. The second-order valence-corrected chi connectivity index (χ2v) is 10.8. The molecule has 3 N–H and O–H groups in total. The van der Waals surface area contributed by atoms with Gasteiger partial charge in [0, 0.05) is 18.1 Å². The lowest BCUT2D eigenvalue weighted by molar-refractivity contribution is -0.170. The van der Waals surface area contributed by atoms with Crippen LogP contribution in [0.3, 0.4) is 0 Å². The van der Waals surface area contributed by atoms with Crippen molar-refractivity contribution in [3.63, 3.8) is 0 Å². The first-order valence-corrected chi connectivity index (χ1v) is 11.8. The van der Waals surface area contributed by atoms with Gasteiger partial charge in [0.2, 0.25) is 5.95 Å². The number of hydrogen-bond acceptors (Lipinski definition) is 7. The predicted molar refractivity (Wildman–Crippen MR) is 125 cm³/mol. The Hall–Kier alpha value is -3.05. The third kappa shape index (κ3) is 4.74. The standard InChI is InChI=1S/C24H25F3N4O3S/c1-21(2)13-23(34,9-8-22(21,3)19(32)33)18-29-12-16(35-18)14-5-4-6-15(11-14)30-20-28-10-7-17(31-20)24(25,26)27/h4-7,10-12,34H,8-9,13H2,1-3H3,(H,32,33)(H,28,30,31)/t22-,23-/m0/s1. The molecule has 0 aliphatic heterocycles. The number of carboxylic acid groups (broad SMARTS) is 1. The van der Waals surface area contributed by atoms with Gasteiger partial charge in [-0.2, -0.15) is 13.2 Å². The quantitative estimate of drug-likeness (QED) is 0.398. The monoisotopic (exact) mass is 506 g/mol. The normalized spacial score (nSPS) is 24.2. The summed E-state index contributed by atoms with van der Waals surface area (Å²) in [5.41, 5.74) is -2.66. The molecule has 0 amide bonds. The largest absolute Gasteiger partial charge is 0.481 e. The molecular weight excluding hydrogens is 481 g/mol. The van der Waals surface area contributed by atoms with Gasteiger partial charge in [-0.15, -0.1) is 11.3 Å². The summed E-state index contributed by atoms with van der Waals surface area (Å²) in [5, 5.41) is 24.5. The SMILES string of the molecule is CC1(C)C[C@](O)(c2ncc(-c3cccc(Nc4nccc(C(F)(F)F)n4)c3)s2)CC[C@@]1(C)C(=O)O. The maximum atomic E-state index is 12.9. The Morgan fingerprint density at radius 3 is 2.54 bits per heavy atom. The lowest BCUT2D eigenvalue weighted by atomic mass is 9.55. The van der Waals surface area contributed by atoms with Crippen LogP contribution in [0.5, 0.6) is 0 Å². The highest BCUT2D eigenvalue weighted by Crippen LogP contribution is 2.56. The third-order valence-corrected chi connectivity index (χ3v) is 8.23. The number of aliphatic hydroxyl groups is 1. The van der Waals surface area contributed by atoms with Crippen LogP contribution in [0, 0.1) is 10.8 Å². The molecule has 3 aromatic rings. The highest BCUT2D eigenvalue weighted by Gasteiger charge is 2.56. The zero-order valence-electron chi connectivity index (χ0n) is 19.3. The lowest BCUT2D eigenvalue weighted by Crippen LogP contribution is -2.51. The van der Waals surface area contributed by atoms with Gasteiger partial charge in [0.15, 0.2) is 0 Å². The summed E-state index contributed by atoms with van der Waals surface area (Å²) in [4.78, 5) is 24.5. The van der Waals surface area contributed by atoms with E-state index in [1.165, 1.54) is 11.3 Å². The van der Waals surface area contributed by atoms with Crippen molar-refractivity contribution in [2.45, 2.75) is 51.8 Å². The van der Waals surface area contributed by atoms with Crippen LogP contribution in [0.4, 0.5) is 24.8 Å². The van der Waals surface area contributed by atoms with Crippen LogP contribution in [-0.2, 0) is 16.6 Å². The molecule has 0 spiro atoms. The number of hydrogen-bond donors (Lipinski definition) is 3. The fourth-order valence-corrected chi connectivity index (χ4v) is 5.50. The molecule has 7 nitrogen and oxygen atoms in total. The molecule has 1 saturated carbocycles. The Bertz CT molecular complexity index is 1260. The summed E-state index contributed by atoms with van der Waals surface area (Å²) >= 11 is 1.31. The minimum Gasteiger partial charge on any atom is -0.481 e. The molecule has 4 rings (SSSR count). The van der Waals surface area contributed by atoms with Gasteiger partial charge in [0.05, 0.1) is 10.3 Å². The van der Waals surface area contributed by atoms with E-state index < -0.39 is 34.3 Å². The highest BCUT2D eigenvalue weighted by molar-refractivity contribution is 7.15. The summed E-state index contributed by atoms with van der Waals surface area (Å²) in [6.45, 7) is 5.42. The van der Waals surface area contributed by atoms with Gasteiger partial charge in [-0.1, -0.05) is 26.0 Å². The van der Waals surface area contributed by atoms with Crippen LogP contribution in [0.1, 0.15) is 50.7 Å². The van der Waals surface area contributed by atoms with E-state index in [9.17, 15) is 28.2 Å². The maximum Gasteiger partial charge on any atom is 0.433 e. The number of aliphatic carboxylic acids is 1. The van der Waals surface area contributed by atoms with Crippen LogP contribution in [0.25, 0.3) is 10.4 Å². The highest BCUT2D eigenvalue weighted by atomic mass is 32.1. The summed E-state index contributed by atoms with van der Waals surface area (Å²) < 4.78 is 38.8. The summed E-state index contributed by atoms with van der Waals surface area (Å²) in [7, 11) is 0. The van der Waals surface area contributed by atoms with Crippen molar-refractivity contribution in [3.8, 4) is 10.4 Å². The molecule has 1 aliphatic rings. The van der Waals surface area contributed by atoms with Crippen LogP contribution in [0.2, 0.25) is 0 Å². The topological polar surface area (TPSA) is 108 Å². The van der Waals surface area contributed by atoms with Crippen LogP contribution in [0.15, 0.2) is 42.7 Å². The van der Waals surface area contributed by atoms with Gasteiger partial charge in [0.1, 0.15) is 16.3 Å². The van der Waals surface area contributed by atoms with Gasteiger partial charge >= 0.3 is 12.1 Å². The molecule has 2 atom stereocenters. The molecule has 0 saturated heterocycles. The van der Waals surface area contributed by atoms with E-state index in [1.807, 2.05) is 19.9 Å². The van der Waals surface area contributed by atoms with E-state index in [2.05, 4.69) is 20.3 Å². The number of carbonyl (C=O) groups is 1. The third-order valence-electron chi connectivity index (χ3n) is 6.99. The summed E-state index contributed by atoms with van der Waals surface area (Å²) in [5.74, 6) is -1.05. The van der Waals surface area contributed by atoms with Crippen LogP contribution >= 0.6 is 11.3 Å². The Balaban J connectivity index is 1.56. The van der Waals surface area contributed by atoms with E-state index in [-0.39, 0.29) is 18.8 Å². The van der Waals surface area contributed by atoms with Gasteiger partial charge in [-0.25, -0.2) is 15.0 Å². The average Bonchev–Trinajstić information content (AvgIpc) is 3.27. The van der Waals surface area contributed by atoms with E-state index >= 15 is 0 Å².